The molecule has 0 radical (unpaired) electrons. The van der Waals surface area contributed by atoms with E-state index in [0.29, 0.717) is 5.69 Å². The van der Waals surface area contributed by atoms with Crippen molar-refractivity contribution in [3.8, 4) is 0 Å². The molecule has 0 aliphatic heterocycles. The lowest BCUT2D eigenvalue weighted by molar-refractivity contribution is 0.0697. The average molecular weight is 249 g/mol. The minimum absolute atomic E-state index is 0.181. The molecular weight excluding hydrogens is 240 g/mol. The Morgan fingerprint density at radius 2 is 1.61 bits per heavy atom. The average Bonchev–Trinajstić information content (AvgIpc) is 2.34. The standard InChI is InChI=1S/C13H9F2NO2/c14-8-1-4-10(5-2-8)16-12-6-3-9(15)7-11(12)13(17)18/h1-7,16H,(H,17,18). The van der Waals surface area contributed by atoms with Gasteiger partial charge < -0.3 is 10.4 Å². The van der Waals surface area contributed by atoms with Gasteiger partial charge in [-0.1, -0.05) is 0 Å². The molecule has 0 unspecified atom stereocenters. The Bertz CT molecular complexity index is 582. The summed E-state index contributed by atoms with van der Waals surface area (Å²) in [6, 6.07) is 8.81. The van der Waals surface area contributed by atoms with Crippen molar-refractivity contribution in [3.63, 3.8) is 0 Å². The lowest BCUT2D eigenvalue weighted by Gasteiger charge is -2.09. The third kappa shape index (κ3) is 2.63. The highest BCUT2D eigenvalue weighted by Crippen LogP contribution is 2.22. The fourth-order valence-corrected chi connectivity index (χ4v) is 1.49. The van der Waals surface area contributed by atoms with Crippen molar-refractivity contribution in [1.29, 1.82) is 0 Å². The first-order chi connectivity index (χ1) is 8.56. The van der Waals surface area contributed by atoms with Crippen LogP contribution in [0.5, 0.6) is 0 Å². The molecule has 0 fully saturated rings. The summed E-state index contributed by atoms with van der Waals surface area (Å²) < 4.78 is 25.7. The van der Waals surface area contributed by atoms with Gasteiger partial charge >= 0.3 is 5.97 Å². The summed E-state index contributed by atoms with van der Waals surface area (Å²) in [4.78, 5) is 11.0. The highest BCUT2D eigenvalue weighted by molar-refractivity contribution is 5.95. The highest BCUT2D eigenvalue weighted by Gasteiger charge is 2.11. The lowest BCUT2D eigenvalue weighted by Crippen LogP contribution is -2.03. The Hall–Kier alpha value is -2.43. The molecule has 0 heterocycles. The first kappa shape index (κ1) is 12.0. The minimum Gasteiger partial charge on any atom is -0.478 e. The van der Waals surface area contributed by atoms with Gasteiger partial charge in [0.1, 0.15) is 11.6 Å². The van der Waals surface area contributed by atoms with E-state index >= 15 is 0 Å². The van der Waals surface area contributed by atoms with E-state index in [-0.39, 0.29) is 11.3 Å². The number of nitrogens with one attached hydrogen (secondary N) is 1. The molecule has 2 rings (SSSR count). The maximum atomic E-state index is 13.0. The summed E-state index contributed by atoms with van der Waals surface area (Å²) >= 11 is 0. The molecule has 0 aromatic heterocycles. The van der Waals surface area contributed by atoms with E-state index in [1.165, 1.54) is 30.3 Å². The summed E-state index contributed by atoms with van der Waals surface area (Å²) in [6.45, 7) is 0. The molecule has 0 amide bonds. The second-order valence-electron chi connectivity index (χ2n) is 3.63. The Labute approximate surface area is 102 Å². The van der Waals surface area contributed by atoms with Gasteiger partial charge in [0.15, 0.2) is 0 Å². The van der Waals surface area contributed by atoms with Gasteiger partial charge in [-0.25, -0.2) is 13.6 Å². The Balaban J connectivity index is 2.34. The van der Waals surface area contributed by atoms with Gasteiger partial charge in [-0.2, -0.15) is 0 Å². The summed E-state index contributed by atoms with van der Waals surface area (Å²) in [6.07, 6.45) is 0. The number of carboxylic acid groups (broad SMARTS) is 1. The number of hydrogen-bond donors (Lipinski definition) is 2. The van der Waals surface area contributed by atoms with Crippen molar-refractivity contribution in [2.24, 2.45) is 0 Å². The maximum Gasteiger partial charge on any atom is 0.337 e. The normalized spacial score (nSPS) is 10.1. The summed E-state index contributed by atoms with van der Waals surface area (Å²) in [5, 5.41) is 11.7. The third-order valence-electron chi connectivity index (χ3n) is 2.34. The van der Waals surface area contributed by atoms with Gasteiger partial charge in [-0.3, -0.25) is 0 Å². The van der Waals surface area contributed by atoms with Crippen LogP contribution in [0, 0.1) is 11.6 Å². The van der Waals surface area contributed by atoms with Crippen LogP contribution >= 0.6 is 0 Å². The maximum absolute atomic E-state index is 13.0. The number of hydrogen-bond acceptors (Lipinski definition) is 2. The first-order valence-corrected chi connectivity index (χ1v) is 5.12. The van der Waals surface area contributed by atoms with Gasteiger partial charge in [0.2, 0.25) is 0 Å². The minimum atomic E-state index is -1.24. The Morgan fingerprint density at radius 1 is 1.00 bits per heavy atom. The number of benzene rings is 2. The quantitative estimate of drug-likeness (QED) is 0.876. The number of aromatic carboxylic acids is 1. The summed E-state index contributed by atoms with van der Waals surface area (Å²) in [7, 11) is 0. The lowest BCUT2D eigenvalue weighted by atomic mass is 10.1. The molecule has 92 valence electrons. The van der Waals surface area contributed by atoms with Crippen LogP contribution in [-0.4, -0.2) is 11.1 Å². The smallest absolute Gasteiger partial charge is 0.337 e. The zero-order valence-corrected chi connectivity index (χ0v) is 9.15. The van der Waals surface area contributed by atoms with Crippen LogP contribution in [0.15, 0.2) is 42.5 Å². The predicted octanol–water partition coefficient (Wildman–Crippen LogP) is 3.41. The molecule has 5 heteroatoms. The first-order valence-electron chi connectivity index (χ1n) is 5.12. The molecular formula is C13H9F2NO2. The zero-order valence-electron chi connectivity index (χ0n) is 9.15. The number of halogens is 2. The molecule has 0 bridgehead atoms. The van der Waals surface area contributed by atoms with Crippen molar-refractivity contribution in [2.45, 2.75) is 0 Å². The molecule has 0 aliphatic rings. The molecule has 0 aliphatic carbocycles. The number of carboxylic acids is 1. The van der Waals surface area contributed by atoms with Gasteiger partial charge in [0.05, 0.1) is 11.3 Å². The molecule has 0 atom stereocenters. The van der Waals surface area contributed by atoms with Gasteiger partial charge in [0.25, 0.3) is 0 Å². The van der Waals surface area contributed by atoms with E-state index in [1.807, 2.05) is 0 Å². The van der Waals surface area contributed by atoms with Crippen molar-refractivity contribution in [3.05, 3.63) is 59.7 Å². The van der Waals surface area contributed by atoms with Crippen LogP contribution in [0.2, 0.25) is 0 Å². The van der Waals surface area contributed by atoms with E-state index in [2.05, 4.69) is 5.32 Å². The number of rotatable bonds is 3. The van der Waals surface area contributed by atoms with Crippen LogP contribution in [0.1, 0.15) is 10.4 Å². The second kappa shape index (κ2) is 4.83. The fourth-order valence-electron chi connectivity index (χ4n) is 1.49. The molecule has 2 N–H and O–H groups in total. The van der Waals surface area contributed by atoms with E-state index < -0.39 is 17.6 Å². The second-order valence-corrected chi connectivity index (χ2v) is 3.63. The largest absolute Gasteiger partial charge is 0.478 e. The third-order valence-corrected chi connectivity index (χ3v) is 2.34. The van der Waals surface area contributed by atoms with Crippen LogP contribution in [0.25, 0.3) is 0 Å². The van der Waals surface area contributed by atoms with Crippen molar-refractivity contribution >= 4 is 17.3 Å². The van der Waals surface area contributed by atoms with E-state index in [4.69, 9.17) is 5.11 Å². The van der Waals surface area contributed by atoms with E-state index in [0.717, 1.165) is 12.1 Å². The molecule has 2 aromatic rings. The van der Waals surface area contributed by atoms with Gasteiger partial charge in [0, 0.05) is 5.69 Å². The van der Waals surface area contributed by atoms with Crippen LogP contribution in [0.3, 0.4) is 0 Å². The summed E-state index contributed by atoms with van der Waals surface area (Å²) in [5.41, 5.74) is 0.584. The molecule has 0 saturated carbocycles. The van der Waals surface area contributed by atoms with E-state index in [9.17, 15) is 13.6 Å². The Morgan fingerprint density at radius 3 is 2.22 bits per heavy atom. The van der Waals surface area contributed by atoms with Crippen molar-refractivity contribution in [2.75, 3.05) is 5.32 Å². The molecule has 0 saturated heterocycles. The number of anilines is 2. The van der Waals surface area contributed by atoms with Gasteiger partial charge in [-0.05, 0) is 42.5 Å². The van der Waals surface area contributed by atoms with Crippen LogP contribution < -0.4 is 5.32 Å². The molecule has 3 nitrogen and oxygen atoms in total. The predicted molar refractivity (Wildman–Crippen MR) is 63.0 cm³/mol. The van der Waals surface area contributed by atoms with Crippen molar-refractivity contribution < 1.29 is 18.7 Å². The topological polar surface area (TPSA) is 49.3 Å². The SMILES string of the molecule is O=C(O)c1cc(F)ccc1Nc1ccc(F)cc1. The molecule has 0 spiro atoms. The van der Waals surface area contributed by atoms with E-state index in [1.54, 1.807) is 0 Å². The van der Waals surface area contributed by atoms with Gasteiger partial charge in [-0.15, -0.1) is 0 Å². The fraction of sp³-hybridized carbons (Fsp3) is 0. The van der Waals surface area contributed by atoms with Crippen molar-refractivity contribution in [1.82, 2.24) is 0 Å². The number of carbonyl (C=O) groups is 1. The molecule has 18 heavy (non-hydrogen) atoms. The highest BCUT2D eigenvalue weighted by atomic mass is 19.1. The van der Waals surface area contributed by atoms with Crippen LogP contribution in [0.4, 0.5) is 20.2 Å². The zero-order chi connectivity index (χ0) is 13.1. The molecule has 2 aromatic carbocycles. The Kier molecular flexibility index (Phi) is 3.23. The van der Waals surface area contributed by atoms with Crippen LogP contribution in [-0.2, 0) is 0 Å². The monoisotopic (exact) mass is 249 g/mol. The summed E-state index contributed by atoms with van der Waals surface area (Å²) in [5.74, 6) is -2.26.